The van der Waals surface area contributed by atoms with E-state index in [0.29, 0.717) is 15.1 Å². The molecule has 0 aliphatic heterocycles. The molecular weight excluding hydrogens is 581 g/mol. The van der Waals surface area contributed by atoms with Crippen LogP contribution >= 0.6 is 65.4 Å². The van der Waals surface area contributed by atoms with Gasteiger partial charge in [0.15, 0.2) is 7.67 Å². The van der Waals surface area contributed by atoms with E-state index in [1.807, 2.05) is 0 Å². The number of rotatable bonds is 1. The van der Waals surface area contributed by atoms with E-state index in [1.54, 1.807) is 0 Å². The standard InChI is InChI=1S/C12H27I3Si2/c1-10(2,3)16(13,11(4,5)6)17(14,15)12(7,8)9/h1-9H3. The highest BCUT2D eigenvalue weighted by Gasteiger charge is 2.67. The van der Waals surface area contributed by atoms with Gasteiger partial charge in [0.25, 0.3) is 0 Å². The molecule has 104 valence electrons. The molecule has 0 aliphatic rings. The molecule has 0 radical (unpaired) electrons. The summed E-state index contributed by atoms with van der Waals surface area (Å²) in [6.07, 6.45) is 0. The van der Waals surface area contributed by atoms with Crippen LogP contribution in [0.4, 0.5) is 0 Å². The van der Waals surface area contributed by atoms with Gasteiger partial charge in [0.2, 0.25) is 0 Å². The minimum absolute atomic E-state index is 0.452. The summed E-state index contributed by atoms with van der Waals surface area (Å²) in [4.78, 5) is 0. The molecule has 0 amide bonds. The van der Waals surface area contributed by atoms with Crippen LogP contribution in [-0.2, 0) is 0 Å². The fourth-order valence-corrected chi connectivity index (χ4v) is 52.9. The van der Waals surface area contributed by atoms with Crippen LogP contribution in [0.3, 0.4) is 0 Å². The van der Waals surface area contributed by atoms with E-state index in [4.69, 9.17) is 0 Å². The van der Waals surface area contributed by atoms with E-state index in [2.05, 4.69) is 128 Å². The smallest absolute Gasteiger partial charge is 0.119 e. The van der Waals surface area contributed by atoms with Crippen molar-refractivity contribution in [2.24, 2.45) is 0 Å². The molecule has 0 atom stereocenters. The topological polar surface area (TPSA) is 0 Å². The SMILES string of the molecule is CC(C)(C)[Si](I)(I)[Si](I)(C(C)(C)C)C(C)(C)C. The van der Waals surface area contributed by atoms with E-state index in [0.717, 1.165) is 0 Å². The Morgan fingerprint density at radius 2 is 0.765 bits per heavy atom. The Morgan fingerprint density at radius 3 is 0.824 bits per heavy atom. The van der Waals surface area contributed by atoms with Crippen molar-refractivity contribution in [3.05, 3.63) is 0 Å². The second kappa shape index (κ2) is 5.43. The van der Waals surface area contributed by atoms with Crippen LogP contribution in [0.25, 0.3) is 0 Å². The Hall–Kier alpha value is 2.62. The summed E-state index contributed by atoms with van der Waals surface area (Å²) in [5.74, 6) is 0. The second-order valence-electron chi connectivity index (χ2n) is 7.98. The second-order valence-corrected chi connectivity index (χ2v) is 49.4. The van der Waals surface area contributed by atoms with Crippen LogP contribution in [0.1, 0.15) is 62.3 Å². The summed E-state index contributed by atoms with van der Waals surface area (Å²) in [5, 5.41) is -0.0688. The van der Waals surface area contributed by atoms with E-state index in [1.165, 1.54) is 0 Å². The summed E-state index contributed by atoms with van der Waals surface area (Å²) in [6, 6.07) is 0. The van der Waals surface area contributed by atoms with Gasteiger partial charge in [-0.05, 0) is 15.1 Å². The average molecular weight is 608 g/mol. The molecule has 0 saturated heterocycles. The van der Waals surface area contributed by atoms with Crippen molar-refractivity contribution >= 4 is 73.1 Å². The monoisotopic (exact) mass is 608 g/mol. The van der Waals surface area contributed by atoms with Crippen molar-refractivity contribution in [3.8, 4) is 0 Å². The highest BCUT2D eigenvalue weighted by Crippen LogP contribution is 2.67. The maximum atomic E-state index is 2.94. The Kier molecular flexibility index (Phi) is 6.27. The molecule has 0 spiro atoms. The van der Waals surface area contributed by atoms with Gasteiger partial charge in [0.05, 0.1) is 0 Å². The Morgan fingerprint density at radius 1 is 0.529 bits per heavy atom. The Balaban J connectivity index is 6.04. The minimum Gasteiger partial charge on any atom is -0.119 e. The van der Waals surface area contributed by atoms with E-state index >= 15 is 0 Å². The first kappa shape index (κ1) is 19.6. The molecular formula is C12H27I3Si2. The minimum atomic E-state index is -1.43. The lowest BCUT2D eigenvalue weighted by Gasteiger charge is -2.57. The fourth-order valence-electron chi connectivity index (χ4n) is 2.58. The third-order valence-corrected chi connectivity index (χ3v) is 79.5. The summed E-state index contributed by atoms with van der Waals surface area (Å²) in [7, 11) is 0. The van der Waals surface area contributed by atoms with Crippen LogP contribution in [-0.4, -0.2) is 7.67 Å². The lowest BCUT2D eigenvalue weighted by Crippen LogP contribution is -2.65. The molecule has 0 nitrogen and oxygen atoms in total. The summed E-state index contributed by atoms with van der Waals surface area (Å²) >= 11 is 8.72. The molecule has 0 aromatic heterocycles. The normalized spacial score (nSPS) is 16.2. The van der Waals surface area contributed by atoms with E-state index in [9.17, 15) is 0 Å². The first-order valence-corrected chi connectivity index (χ1v) is 20.4. The highest BCUT2D eigenvalue weighted by molar-refractivity contribution is 14.3. The zero-order valence-corrected chi connectivity index (χ0v) is 21.1. The van der Waals surface area contributed by atoms with Gasteiger partial charge >= 0.3 is 0 Å². The third-order valence-electron chi connectivity index (χ3n) is 3.44. The molecule has 0 fully saturated rings. The van der Waals surface area contributed by atoms with Crippen molar-refractivity contribution in [1.82, 2.24) is 0 Å². The van der Waals surface area contributed by atoms with Crippen molar-refractivity contribution in [2.45, 2.75) is 77.4 Å². The maximum Gasteiger partial charge on any atom is 0.200 e. The van der Waals surface area contributed by atoms with Gasteiger partial charge in [-0.3, -0.25) is 0 Å². The molecule has 0 aromatic carbocycles. The Bertz CT molecular complexity index is 266. The Labute approximate surface area is 148 Å². The maximum absolute atomic E-state index is 2.94. The van der Waals surface area contributed by atoms with Crippen molar-refractivity contribution in [1.29, 1.82) is 0 Å². The van der Waals surface area contributed by atoms with Crippen LogP contribution in [0.2, 0.25) is 15.1 Å². The predicted octanol–water partition coefficient (Wildman–Crippen LogP) is 7.16. The summed E-state index contributed by atoms with van der Waals surface area (Å²) in [5.41, 5.74) is 0. The molecule has 0 aromatic rings. The van der Waals surface area contributed by atoms with Gasteiger partial charge < -0.3 is 0 Å². The van der Waals surface area contributed by atoms with Gasteiger partial charge in [-0.15, -0.1) is 65.4 Å². The molecule has 0 rings (SSSR count). The van der Waals surface area contributed by atoms with Crippen LogP contribution < -0.4 is 0 Å². The van der Waals surface area contributed by atoms with Crippen molar-refractivity contribution < 1.29 is 0 Å². The van der Waals surface area contributed by atoms with Crippen molar-refractivity contribution in [3.63, 3.8) is 0 Å². The van der Waals surface area contributed by atoms with Gasteiger partial charge in [-0.2, -0.15) is 0 Å². The van der Waals surface area contributed by atoms with Gasteiger partial charge in [0, 0.05) is 0 Å². The first-order valence-electron chi connectivity index (χ1n) is 6.07. The number of hydrogen-bond donors (Lipinski definition) is 0. The van der Waals surface area contributed by atoms with Gasteiger partial charge in [-0.1, -0.05) is 62.3 Å². The first-order chi connectivity index (χ1) is 7.00. The lowest BCUT2D eigenvalue weighted by atomic mass is 10.2. The fraction of sp³-hybridized carbons (Fsp3) is 1.00. The molecule has 17 heavy (non-hydrogen) atoms. The zero-order chi connectivity index (χ0) is 14.5. The van der Waals surface area contributed by atoms with Gasteiger partial charge in [0.1, 0.15) is 0 Å². The summed E-state index contributed by atoms with van der Waals surface area (Å²) < 4.78 is -1.36. The molecule has 0 saturated carbocycles. The lowest BCUT2D eigenvalue weighted by molar-refractivity contribution is 0.648. The van der Waals surface area contributed by atoms with Crippen molar-refractivity contribution in [2.75, 3.05) is 0 Å². The molecule has 0 unspecified atom stereocenters. The highest BCUT2D eigenvalue weighted by atomic mass is 127. The molecule has 0 heterocycles. The molecule has 0 N–H and O–H groups in total. The van der Waals surface area contributed by atoms with E-state index in [-0.39, 0.29) is 0 Å². The summed E-state index contributed by atoms with van der Waals surface area (Å²) in [6.45, 7) is 22.2. The quantitative estimate of drug-likeness (QED) is 0.169. The predicted molar refractivity (Wildman–Crippen MR) is 113 cm³/mol. The van der Waals surface area contributed by atoms with Crippen LogP contribution in [0.5, 0.6) is 0 Å². The van der Waals surface area contributed by atoms with Gasteiger partial charge in [-0.25, -0.2) is 0 Å². The largest absolute Gasteiger partial charge is 0.200 e. The van der Waals surface area contributed by atoms with Crippen LogP contribution in [0, 0.1) is 0 Å². The average Bonchev–Trinajstić information content (AvgIpc) is 1.95. The number of halogens is 3. The zero-order valence-electron chi connectivity index (χ0n) is 12.6. The molecule has 0 bridgehead atoms. The third kappa shape index (κ3) is 3.45. The molecule has 5 heteroatoms. The van der Waals surface area contributed by atoms with E-state index < -0.39 is 7.67 Å². The number of hydrogen-bond acceptors (Lipinski definition) is 0. The van der Waals surface area contributed by atoms with Crippen LogP contribution in [0.15, 0.2) is 0 Å². The molecule has 0 aliphatic carbocycles.